The van der Waals surface area contributed by atoms with Crippen molar-refractivity contribution in [2.45, 2.75) is 38.2 Å². The Morgan fingerprint density at radius 3 is 2.89 bits per heavy atom. The van der Waals surface area contributed by atoms with Crippen molar-refractivity contribution >= 4 is 23.5 Å². The van der Waals surface area contributed by atoms with Crippen molar-refractivity contribution in [1.29, 1.82) is 0 Å². The quantitative estimate of drug-likeness (QED) is 0.326. The van der Waals surface area contributed by atoms with Gasteiger partial charge in [0.25, 0.3) is 0 Å². The minimum Gasteiger partial charge on any atom is -0.444 e. The van der Waals surface area contributed by atoms with E-state index in [1.807, 2.05) is 0 Å². The van der Waals surface area contributed by atoms with Crippen molar-refractivity contribution in [2.24, 2.45) is 5.73 Å². The SMILES string of the molecule is NC(=O)CC[C@H]1CN(c2ccc(-c3cc(CO[C@@H]4COc5nc([N+](=O)[O-])cn5C4)ccn3)c(F)c2)C(=O)O1. The maximum atomic E-state index is 15.1. The van der Waals surface area contributed by atoms with E-state index in [2.05, 4.69) is 9.97 Å². The molecule has 0 saturated carbocycles. The lowest BCUT2D eigenvalue weighted by molar-refractivity contribution is -0.389. The molecule has 0 radical (unpaired) electrons. The van der Waals surface area contributed by atoms with E-state index in [0.29, 0.717) is 24.3 Å². The fraction of sp³-hybridized carbons (Fsp3) is 0.333. The molecule has 1 aromatic carbocycles. The number of nitrogens with zero attached hydrogens (tertiary/aromatic N) is 5. The van der Waals surface area contributed by atoms with Gasteiger partial charge in [-0.05, 0) is 47.2 Å². The molecule has 4 heterocycles. The van der Waals surface area contributed by atoms with E-state index in [0.717, 1.165) is 5.56 Å². The summed E-state index contributed by atoms with van der Waals surface area (Å²) in [5.74, 6) is -1.35. The molecule has 13 nitrogen and oxygen atoms in total. The summed E-state index contributed by atoms with van der Waals surface area (Å²) in [5, 5.41) is 10.9. The first kappa shape index (κ1) is 25.1. The molecule has 2 aliphatic rings. The number of anilines is 1. The van der Waals surface area contributed by atoms with Gasteiger partial charge in [-0.25, -0.2) is 9.18 Å². The summed E-state index contributed by atoms with van der Waals surface area (Å²) in [4.78, 5) is 42.9. The van der Waals surface area contributed by atoms with E-state index >= 15 is 4.39 Å². The molecule has 38 heavy (non-hydrogen) atoms. The lowest BCUT2D eigenvalue weighted by Crippen LogP contribution is -2.32. The third kappa shape index (κ3) is 5.39. The van der Waals surface area contributed by atoms with Crippen LogP contribution in [0.15, 0.2) is 42.7 Å². The number of pyridine rings is 1. The molecule has 2 amide bonds. The number of benzene rings is 1. The van der Waals surface area contributed by atoms with E-state index in [9.17, 15) is 19.7 Å². The topological polar surface area (TPSA) is 165 Å². The van der Waals surface area contributed by atoms with Crippen LogP contribution in [-0.2, 0) is 27.4 Å². The predicted octanol–water partition coefficient (Wildman–Crippen LogP) is 2.56. The van der Waals surface area contributed by atoms with Gasteiger partial charge in [0, 0.05) is 23.2 Å². The van der Waals surface area contributed by atoms with E-state index < -0.39 is 28.8 Å². The van der Waals surface area contributed by atoms with E-state index in [4.69, 9.17) is 19.9 Å². The molecule has 2 N–H and O–H groups in total. The number of hydrogen-bond acceptors (Lipinski definition) is 9. The molecule has 1 saturated heterocycles. The summed E-state index contributed by atoms with van der Waals surface area (Å²) in [7, 11) is 0. The molecular formula is C24H23FN6O7. The van der Waals surface area contributed by atoms with Crippen molar-refractivity contribution in [2.75, 3.05) is 18.1 Å². The number of primary amides is 1. The maximum Gasteiger partial charge on any atom is 0.414 e. The monoisotopic (exact) mass is 526 g/mol. The van der Waals surface area contributed by atoms with Crippen LogP contribution in [0.1, 0.15) is 18.4 Å². The molecule has 1 fully saturated rings. The summed E-state index contributed by atoms with van der Waals surface area (Å²) in [6, 6.07) is 7.97. The number of aromatic nitrogens is 3. The van der Waals surface area contributed by atoms with Gasteiger partial charge >= 0.3 is 17.9 Å². The first-order chi connectivity index (χ1) is 18.3. The number of carbonyl (C=O) groups is 2. The van der Waals surface area contributed by atoms with Crippen LogP contribution in [0, 0.1) is 15.9 Å². The van der Waals surface area contributed by atoms with Crippen molar-refractivity contribution in [3.8, 4) is 17.3 Å². The Hall–Kier alpha value is -4.59. The van der Waals surface area contributed by atoms with Crippen LogP contribution in [0.5, 0.6) is 6.01 Å². The first-order valence-electron chi connectivity index (χ1n) is 11.7. The molecule has 5 rings (SSSR count). The maximum absolute atomic E-state index is 15.1. The van der Waals surface area contributed by atoms with Gasteiger partial charge < -0.3 is 30.1 Å². The summed E-state index contributed by atoms with van der Waals surface area (Å²) >= 11 is 0. The molecule has 2 atom stereocenters. The van der Waals surface area contributed by atoms with Crippen LogP contribution < -0.4 is 15.4 Å². The number of cyclic esters (lactones) is 1. The second kappa shape index (κ2) is 10.4. The van der Waals surface area contributed by atoms with Crippen LogP contribution >= 0.6 is 0 Å². The van der Waals surface area contributed by atoms with Gasteiger partial charge in [-0.2, -0.15) is 0 Å². The van der Waals surface area contributed by atoms with Gasteiger partial charge in [0.1, 0.15) is 30.8 Å². The summed E-state index contributed by atoms with van der Waals surface area (Å²) in [6.45, 7) is 0.896. The molecular weight excluding hydrogens is 503 g/mol. The molecule has 0 unspecified atom stereocenters. The fourth-order valence-corrected chi connectivity index (χ4v) is 4.25. The second-order valence-electron chi connectivity index (χ2n) is 8.87. The highest BCUT2D eigenvalue weighted by Gasteiger charge is 2.33. The van der Waals surface area contributed by atoms with E-state index in [-0.39, 0.29) is 49.7 Å². The minimum absolute atomic E-state index is 0.0890. The minimum atomic E-state index is -0.618. The Bertz CT molecular complexity index is 1400. The molecule has 14 heteroatoms. The highest BCUT2D eigenvalue weighted by Crippen LogP contribution is 2.30. The Labute approximate surface area is 215 Å². The third-order valence-electron chi connectivity index (χ3n) is 6.15. The van der Waals surface area contributed by atoms with E-state index in [1.54, 1.807) is 18.2 Å². The summed E-state index contributed by atoms with van der Waals surface area (Å²) in [5.41, 5.74) is 6.84. The number of amides is 2. The average molecular weight is 526 g/mol. The zero-order chi connectivity index (χ0) is 26.8. The number of halogens is 1. The fourth-order valence-electron chi connectivity index (χ4n) is 4.25. The first-order valence-corrected chi connectivity index (χ1v) is 11.7. The van der Waals surface area contributed by atoms with Crippen LogP contribution in [0.4, 0.5) is 20.7 Å². The number of nitro groups is 1. The van der Waals surface area contributed by atoms with Crippen LogP contribution in [0.3, 0.4) is 0 Å². The molecule has 198 valence electrons. The standard InChI is InChI=1S/C24H23FN6O7/c25-19-8-15(30-10-16(38-24(30)33)2-4-21(26)32)1-3-18(19)20-7-14(5-6-27-20)12-36-17-9-29-11-22(31(34)35)28-23(29)37-13-17/h1,3,5-8,11,16-17H,2,4,9-10,12-13H2,(H2,26,32)/t16-,17-/m0/s1. The largest absolute Gasteiger partial charge is 0.444 e. The molecule has 2 aliphatic heterocycles. The second-order valence-corrected chi connectivity index (χ2v) is 8.87. The number of fused-ring (bicyclic) bond motifs is 1. The Morgan fingerprint density at radius 2 is 2.13 bits per heavy atom. The zero-order valence-electron chi connectivity index (χ0n) is 20.0. The lowest BCUT2D eigenvalue weighted by Gasteiger charge is -2.22. The number of hydrogen-bond donors (Lipinski definition) is 1. The Balaban J connectivity index is 1.22. The molecule has 0 bridgehead atoms. The van der Waals surface area contributed by atoms with Gasteiger partial charge in [0.15, 0.2) is 0 Å². The smallest absolute Gasteiger partial charge is 0.414 e. The number of carbonyl (C=O) groups excluding carboxylic acids is 2. The normalized spacial score (nSPS) is 18.6. The van der Waals surface area contributed by atoms with Gasteiger partial charge in [-0.1, -0.05) is 0 Å². The average Bonchev–Trinajstić information content (AvgIpc) is 3.49. The van der Waals surface area contributed by atoms with Gasteiger partial charge in [-0.15, -0.1) is 0 Å². The lowest BCUT2D eigenvalue weighted by atomic mass is 10.1. The number of rotatable bonds is 9. The van der Waals surface area contributed by atoms with E-state index in [1.165, 1.54) is 34.0 Å². The van der Waals surface area contributed by atoms with Crippen LogP contribution in [-0.4, -0.2) is 56.8 Å². The molecule has 2 aromatic heterocycles. The number of ether oxygens (including phenoxy) is 3. The van der Waals surface area contributed by atoms with Gasteiger partial charge in [-0.3, -0.25) is 19.2 Å². The van der Waals surface area contributed by atoms with Crippen molar-refractivity contribution in [1.82, 2.24) is 14.5 Å². The zero-order valence-corrected chi connectivity index (χ0v) is 20.0. The molecule has 3 aromatic rings. The number of imidazole rings is 1. The number of nitrogens with two attached hydrogens (primary N) is 1. The molecule has 0 spiro atoms. The Kier molecular flexibility index (Phi) is 6.87. The van der Waals surface area contributed by atoms with Gasteiger partial charge in [0.05, 0.1) is 31.1 Å². The van der Waals surface area contributed by atoms with Crippen LogP contribution in [0.2, 0.25) is 0 Å². The summed E-state index contributed by atoms with van der Waals surface area (Å²) in [6.07, 6.45) is 1.74. The van der Waals surface area contributed by atoms with Crippen molar-refractivity contribution < 1.29 is 33.1 Å². The van der Waals surface area contributed by atoms with Crippen molar-refractivity contribution in [3.05, 3.63) is 64.2 Å². The van der Waals surface area contributed by atoms with Crippen LogP contribution in [0.25, 0.3) is 11.3 Å². The van der Waals surface area contributed by atoms with Crippen molar-refractivity contribution in [3.63, 3.8) is 0 Å². The highest BCUT2D eigenvalue weighted by atomic mass is 19.1. The Morgan fingerprint density at radius 1 is 1.29 bits per heavy atom. The molecule has 0 aliphatic carbocycles. The predicted molar refractivity (Wildman–Crippen MR) is 129 cm³/mol. The third-order valence-corrected chi connectivity index (χ3v) is 6.15. The highest BCUT2D eigenvalue weighted by molar-refractivity contribution is 5.90. The van der Waals surface area contributed by atoms with Gasteiger partial charge in [0.2, 0.25) is 5.91 Å². The summed E-state index contributed by atoms with van der Waals surface area (Å²) < 4.78 is 33.2.